The van der Waals surface area contributed by atoms with E-state index < -0.39 is 0 Å². The Morgan fingerprint density at radius 1 is 1.21 bits per heavy atom. The highest BCUT2D eigenvalue weighted by Crippen LogP contribution is 2.17. The van der Waals surface area contributed by atoms with Crippen LogP contribution < -0.4 is 11.3 Å². The van der Waals surface area contributed by atoms with E-state index in [9.17, 15) is 0 Å². The van der Waals surface area contributed by atoms with Gasteiger partial charge in [-0.2, -0.15) is 8.75 Å². The minimum Gasteiger partial charge on any atom is -0.271 e. The number of fused-ring (bicyclic) bond motifs is 1. The first-order chi connectivity index (χ1) is 9.36. The van der Waals surface area contributed by atoms with E-state index in [1.165, 1.54) is 11.7 Å². The van der Waals surface area contributed by atoms with Crippen LogP contribution in [-0.2, 0) is 6.42 Å². The molecule has 0 spiro atoms. The van der Waals surface area contributed by atoms with E-state index in [0.29, 0.717) is 6.42 Å². The smallest absolute Gasteiger partial charge is 0.0929 e. The lowest BCUT2D eigenvalue weighted by Gasteiger charge is -2.12. The minimum atomic E-state index is -0.0626. The molecule has 3 N–H and O–H groups in total. The van der Waals surface area contributed by atoms with Crippen LogP contribution in [0.5, 0.6) is 0 Å². The van der Waals surface area contributed by atoms with Crippen LogP contribution in [0.2, 0.25) is 0 Å². The summed E-state index contributed by atoms with van der Waals surface area (Å²) in [6.07, 6.45) is 2.42. The largest absolute Gasteiger partial charge is 0.271 e. The Labute approximate surface area is 114 Å². The second-order valence-corrected chi connectivity index (χ2v) is 4.81. The Morgan fingerprint density at radius 3 is 2.89 bits per heavy atom. The second kappa shape index (κ2) is 5.40. The molecule has 96 valence electrons. The molecule has 1 aromatic carbocycles. The molecule has 0 saturated heterocycles. The summed E-state index contributed by atoms with van der Waals surface area (Å²) < 4.78 is 8.20. The average molecular weight is 271 g/mol. The van der Waals surface area contributed by atoms with Crippen LogP contribution in [0.25, 0.3) is 10.9 Å². The number of pyridine rings is 1. The van der Waals surface area contributed by atoms with Gasteiger partial charge in [-0.1, -0.05) is 24.3 Å². The topological polar surface area (TPSA) is 76.7 Å². The predicted molar refractivity (Wildman–Crippen MR) is 75.4 cm³/mol. The second-order valence-electron chi connectivity index (χ2n) is 4.25. The summed E-state index contributed by atoms with van der Waals surface area (Å²) in [5.41, 5.74) is 5.59. The molecule has 2 heterocycles. The molecular weight excluding hydrogens is 258 g/mol. The molecule has 0 radical (unpaired) electrons. The van der Waals surface area contributed by atoms with Crippen LogP contribution in [0.3, 0.4) is 0 Å². The van der Waals surface area contributed by atoms with E-state index in [2.05, 4.69) is 31.3 Å². The fourth-order valence-electron chi connectivity index (χ4n) is 2.01. The molecule has 2 aromatic heterocycles. The number of nitrogens with one attached hydrogen (secondary N) is 1. The van der Waals surface area contributed by atoms with Crippen molar-refractivity contribution in [3.05, 3.63) is 54.0 Å². The van der Waals surface area contributed by atoms with Crippen LogP contribution in [0.1, 0.15) is 17.4 Å². The molecule has 1 unspecified atom stereocenters. The predicted octanol–water partition coefficient (Wildman–Crippen LogP) is 1.83. The molecular formula is C13H13N5S. The summed E-state index contributed by atoms with van der Waals surface area (Å²) in [7, 11) is 0. The van der Waals surface area contributed by atoms with Gasteiger partial charge < -0.3 is 0 Å². The Morgan fingerprint density at radius 2 is 2.11 bits per heavy atom. The van der Waals surface area contributed by atoms with Crippen molar-refractivity contribution in [2.45, 2.75) is 12.5 Å². The van der Waals surface area contributed by atoms with Gasteiger partial charge in [-0.3, -0.25) is 16.3 Å². The molecule has 0 aliphatic carbocycles. The number of hydrazine groups is 1. The highest BCUT2D eigenvalue weighted by molar-refractivity contribution is 6.99. The molecule has 0 bridgehead atoms. The molecule has 0 amide bonds. The molecule has 0 fully saturated rings. The lowest BCUT2D eigenvalue weighted by Crippen LogP contribution is -2.30. The molecule has 0 aliphatic rings. The van der Waals surface area contributed by atoms with Crippen LogP contribution in [0, 0.1) is 0 Å². The van der Waals surface area contributed by atoms with Gasteiger partial charge in [0.1, 0.15) is 0 Å². The van der Waals surface area contributed by atoms with Crippen LogP contribution >= 0.6 is 11.7 Å². The maximum Gasteiger partial charge on any atom is 0.0929 e. The molecule has 3 aromatic rings. The van der Waals surface area contributed by atoms with Gasteiger partial charge in [0.25, 0.3) is 0 Å². The van der Waals surface area contributed by atoms with Crippen molar-refractivity contribution in [2.24, 2.45) is 5.84 Å². The van der Waals surface area contributed by atoms with Crippen molar-refractivity contribution < 1.29 is 0 Å². The molecule has 0 saturated carbocycles. The van der Waals surface area contributed by atoms with Gasteiger partial charge in [0.15, 0.2) is 0 Å². The maximum absolute atomic E-state index is 5.58. The summed E-state index contributed by atoms with van der Waals surface area (Å²) in [4.78, 5) is 4.63. The van der Waals surface area contributed by atoms with E-state index in [1.807, 2.05) is 24.3 Å². The Bertz CT molecular complexity index is 668. The SMILES string of the molecule is NNC(Cc1ccc2ccccc2n1)c1cnsn1. The zero-order valence-corrected chi connectivity index (χ0v) is 11.0. The zero-order valence-electron chi connectivity index (χ0n) is 10.2. The van der Waals surface area contributed by atoms with Gasteiger partial charge in [-0.25, -0.2) is 0 Å². The number of nitrogens with zero attached hydrogens (tertiary/aromatic N) is 3. The highest BCUT2D eigenvalue weighted by Gasteiger charge is 2.14. The average Bonchev–Trinajstić information content (AvgIpc) is 2.98. The number of aromatic nitrogens is 3. The lowest BCUT2D eigenvalue weighted by molar-refractivity contribution is 0.537. The molecule has 19 heavy (non-hydrogen) atoms. The van der Waals surface area contributed by atoms with E-state index >= 15 is 0 Å². The Hall–Kier alpha value is -1.89. The van der Waals surface area contributed by atoms with Gasteiger partial charge in [0, 0.05) is 17.5 Å². The monoisotopic (exact) mass is 271 g/mol. The van der Waals surface area contributed by atoms with Crippen molar-refractivity contribution >= 4 is 22.6 Å². The van der Waals surface area contributed by atoms with Gasteiger partial charge in [-0.15, -0.1) is 0 Å². The van der Waals surface area contributed by atoms with Crippen LogP contribution in [0.4, 0.5) is 0 Å². The fraction of sp³-hybridized carbons (Fsp3) is 0.154. The summed E-state index contributed by atoms with van der Waals surface area (Å²) in [5, 5.41) is 1.14. The number of benzene rings is 1. The maximum atomic E-state index is 5.58. The first-order valence-electron chi connectivity index (χ1n) is 5.95. The Kier molecular flexibility index (Phi) is 3.45. The minimum absolute atomic E-state index is 0.0626. The zero-order chi connectivity index (χ0) is 13.1. The van der Waals surface area contributed by atoms with E-state index in [0.717, 1.165) is 22.3 Å². The quantitative estimate of drug-likeness (QED) is 0.559. The third-order valence-corrected chi connectivity index (χ3v) is 3.50. The fourth-order valence-corrected chi connectivity index (χ4v) is 2.48. The lowest BCUT2D eigenvalue weighted by atomic mass is 10.1. The third kappa shape index (κ3) is 2.60. The summed E-state index contributed by atoms with van der Waals surface area (Å²) in [6.45, 7) is 0. The van der Waals surface area contributed by atoms with Crippen LogP contribution in [0.15, 0.2) is 42.6 Å². The molecule has 5 nitrogen and oxygen atoms in total. The summed E-state index contributed by atoms with van der Waals surface area (Å²) in [5.74, 6) is 5.58. The van der Waals surface area contributed by atoms with Gasteiger partial charge in [-0.05, 0) is 12.1 Å². The number of rotatable bonds is 4. The number of hydrogen-bond donors (Lipinski definition) is 2. The summed E-state index contributed by atoms with van der Waals surface area (Å²) >= 11 is 1.18. The van der Waals surface area contributed by atoms with E-state index in [4.69, 9.17) is 5.84 Å². The summed E-state index contributed by atoms with van der Waals surface area (Å²) in [6, 6.07) is 12.1. The van der Waals surface area contributed by atoms with Gasteiger partial charge in [0.2, 0.25) is 0 Å². The van der Waals surface area contributed by atoms with Gasteiger partial charge >= 0.3 is 0 Å². The molecule has 3 rings (SSSR count). The molecule has 6 heteroatoms. The van der Waals surface area contributed by atoms with E-state index in [-0.39, 0.29) is 6.04 Å². The number of para-hydroxylation sites is 1. The van der Waals surface area contributed by atoms with Crippen molar-refractivity contribution in [2.75, 3.05) is 0 Å². The van der Waals surface area contributed by atoms with Gasteiger partial charge in [0.05, 0.1) is 35.2 Å². The standard InChI is InChI=1S/C13H13N5S/c14-17-12(13-8-15-19-18-13)7-10-6-5-9-3-1-2-4-11(9)16-10/h1-6,8,12,17H,7,14H2. The van der Waals surface area contributed by atoms with Crippen LogP contribution in [-0.4, -0.2) is 13.7 Å². The van der Waals surface area contributed by atoms with Crippen molar-refractivity contribution in [3.63, 3.8) is 0 Å². The Balaban J connectivity index is 1.88. The first kappa shape index (κ1) is 12.2. The normalized spacial score (nSPS) is 12.7. The molecule has 0 aliphatic heterocycles. The first-order valence-corrected chi connectivity index (χ1v) is 6.68. The molecule has 1 atom stereocenters. The van der Waals surface area contributed by atoms with Crippen molar-refractivity contribution in [3.8, 4) is 0 Å². The number of hydrogen-bond acceptors (Lipinski definition) is 6. The van der Waals surface area contributed by atoms with Crippen molar-refractivity contribution in [1.29, 1.82) is 0 Å². The highest BCUT2D eigenvalue weighted by atomic mass is 32.1. The number of nitrogens with two attached hydrogens (primary N) is 1. The van der Waals surface area contributed by atoms with E-state index in [1.54, 1.807) is 6.20 Å². The third-order valence-electron chi connectivity index (χ3n) is 3.01. The van der Waals surface area contributed by atoms with Crippen molar-refractivity contribution in [1.82, 2.24) is 19.2 Å².